The zero-order chi connectivity index (χ0) is 13.6. The maximum Gasteiger partial charge on any atom is 0.329 e. The van der Waals surface area contributed by atoms with Crippen molar-refractivity contribution in [3.63, 3.8) is 0 Å². The highest BCUT2D eigenvalue weighted by molar-refractivity contribution is 6.32. The van der Waals surface area contributed by atoms with Crippen molar-refractivity contribution in [3.05, 3.63) is 53.4 Å². The fraction of sp³-hybridized carbons (Fsp3) is 0.154. The van der Waals surface area contributed by atoms with Crippen LogP contribution in [0.4, 0.5) is 13.6 Å². The Morgan fingerprint density at radius 3 is 2.68 bits per heavy atom. The van der Waals surface area contributed by atoms with Crippen LogP contribution in [0.2, 0.25) is 0 Å². The number of benzene rings is 1. The molecule has 0 bridgehead atoms. The summed E-state index contributed by atoms with van der Waals surface area (Å²) in [5, 5.41) is 0. The molecule has 0 saturated carbocycles. The summed E-state index contributed by atoms with van der Waals surface area (Å²) >= 11 is 0. The van der Waals surface area contributed by atoms with Gasteiger partial charge in [0.05, 0.1) is 6.54 Å². The molecule has 0 aliphatic carbocycles. The number of amides is 1. The molecule has 1 aliphatic rings. The monoisotopic (exact) mass is 260 g/mol. The van der Waals surface area contributed by atoms with Gasteiger partial charge in [-0.25, -0.2) is 13.6 Å². The number of hydrogen-bond donors (Lipinski definition) is 0. The number of fused-ring (bicyclic) bond motifs is 1. The van der Waals surface area contributed by atoms with Gasteiger partial charge in [0.1, 0.15) is 7.85 Å². The van der Waals surface area contributed by atoms with Gasteiger partial charge in [0.2, 0.25) is 0 Å². The molecule has 1 aromatic carbocycles. The molecule has 2 heterocycles. The Kier molecular flexibility index (Phi) is 2.66. The van der Waals surface area contributed by atoms with Crippen LogP contribution in [0.25, 0.3) is 0 Å². The second kappa shape index (κ2) is 4.22. The fourth-order valence-corrected chi connectivity index (χ4v) is 2.35. The summed E-state index contributed by atoms with van der Waals surface area (Å²) in [4.78, 5) is 13.7. The second-order valence-electron chi connectivity index (χ2n) is 4.77. The van der Waals surface area contributed by atoms with E-state index in [1.54, 1.807) is 15.7 Å². The van der Waals surface area contributed by atoms with Gasteiger partial charge in [-0.05, 0) is 23.8 Å². The van der Waals surface area contributed by atoms with Crippen molar-refractivity contribution in [2.45, 2.75) is 13.1 Å². The minimum Gasteiger partial charge on any atom is -0.314 e. The van der Waals surface area contributed by atoms with Gasteiger partial charge in [-0.1, -0.05) is 11.5 Å². The van der Waals surface area contributed by atoms with Crippen LogP contribution in [0.15, 0.2) is 30.5 Å². The first-order valence-corrected chi connectivity index (χ1v) is 5.95. The highest BCUT2D eigenvalue weighted by Crippen LogP contribution is 2.19. The maximum atomic E-state index is 13.1. The van der Waals surface area contributed by atoms with Gasteiger partial charge < -0.3 is 4.90 Å². The smallest absolute Gasteiger partial charge is 0.314 e. The fourth-order valence-electron chi connectivity index (χ4n) is 2.35. The summed E-state index contributed by atoms with van der Waals surface area (Å²) in [6.07, 6.45) is 1.78. The number of rotatable bonds is 2. The van der Waals surface area contributed by atoms with E-state index in [1.807, 2.05) is 13.9 Å². The lowest BCUT2D eigenvalue weighted by Gasteiger charge is -2.15. The average molecular weight is 260 g/mol. The third-order valence-electron chi connectivity index (χ3n) is 3.22. The van der Waals surface area contributed by atoms with Crippen LogP contribution in [0.1, 0.15) is 11.3 Å². The number of nitrogens with zero attached hydrogens (tertiary/aromatic N) is 2. The SMILES string of the molecule is Bc1cc2n(c1)C(=O)N(Cc1ccc(F)c(F)c1)C2. The van der Waals surface area contributed by atoms with Crippen LogP contribution in [0.5, 0.6) is 0 Å². The molecule has 0 spiro atoms. The Bertz CT molecular complexity index is 669. The lowest BCUT2D eigenvalue weighted by Crippen LogP contribution is -2.26. The quantitative estimate of drug-likeness (QED) is 0.740. The summed E-state index contributed by atoms with van der Waals surface area (Å²) in [5.74, 6) is -1.77. The topological polar surface area (TPSA) is 25.2 Å². The van der Waals surface area contributed by atoms with Crippen molar-refractivity contribution in [2.24, 2.45) is 0 Å². The number of halogens is 2. The Hall–Kier alpha value is -2.11. The number of aromatic nitrogens is 1. The molecule has 0 N–H and O–H groups in total. The van der Waals surface area contributed by atoms with E-state index in [1.165, 1.54) is 6.07 Å². The predicted octanol–water partition coefficient (Wildman–Crippen LogP) is 1.01. The third kappa shape index (κ3) is 2.03. The van der Waals surface area contributed by atoms with Crippen molar-refractivity contribution in [2.75, 3.05) is 0 Å². The molecule has 6 heteroatoms. The molecule has 1 amide bonds. The molecular weight excluding hydrogens is 249 g/mol. The second-order valence-corrected chi connectivity index (χ2v) is 4.77. The summed E-state index contributed by atoms with van der Waals surface area (Å²) in [6.45, 7) is 0.766. The van der Waals surface area contributed by atoms with Gasteiger partial charge in [-0.2, -0.15) is 0 Å². The molecule has 3 rings (SSSR count). The molecule has 0 radical (unpaired) electrons. The van der Waals surface area contributed by atoms with E-state index in [-0.39, 0.29) is 12.6 Å². The molecule has 0 unspecified atom stereocenters. The largest absolute Gasteiger partial charge is 0.329 e. The maximum absolute atomic E-state index is 13.1. The van der Waals surface area contributed by atoms with E-state index in [9.17, 15) is 13.6 Å². The van der Waals surface area contributed by atoms with Crippen molar-refractivity contribution < 1.29 is 13.6 Å². The molecular formula is C13H11BF2N2O. The van der Waals surface area contributed by atoms with Crippen LogP contribution >= 0.6 is 0 Å². The molecule has 1 aliphatic heterocycles. The van der Waals surface area contributed by atoms with E-state index < -0.39 is 11.6 Å². The van der Waals surface area contributed by atoms with Crippen molar-refractivity contribution in [3.8, 4) is 0 Å². The van der Waals surface area contributed by atoms with Crippen LogP contribution in [0, 0.1) is 11.6 Å². The van der Waals surface area contributed by atoms with Crippen LogP contribution < -0.4 is 5.46 Å². The van der Waals surface area contributed by atoms with Gasteiger partial charge in [0, 0.05) is 18.4 Å². The van der Waals surface area contributed by atoms with Crippen molar-refractivity contribution >= 4 is 19.3 Å². The van der Waals surface area contributed by atoms with E-state index in [0.717, 1.165) is 23.3 Å². The summed E-state index contributed by atoms with van der Waals surface area (Å²) in [7, 11) is 1.93. The molecule has 19 heavy (non-hydrogen) atoms. The molecule has 2 aromatic rings. The average Bonchev–Trinajstić information content (AvgIpc) is 2.84. The molecule has 1 aromatic heterocycles. The zero-order valence-electron chi connectivity index (χ0n) is 10.4. The third-order valence-corrected chi connectivity index (χ3v) is 3.22. The van der Waals surface area contributed by atoms with Gasteiger partial charge >= 0.3 is 6.03 Å². The molecule has 0 saturated heterocycles. The van der Waals surface area contributed by atoms with E-state index >= 15 is 0 Å². The standard InChI is InChI=1S/C13H11BF2N2O/c14-9-4-10-7-17(13(19)18(10)6-9)5-8-1-2-11(15)12(16)3-8/h1-4,6H,5,7,14H2. The van der Waals surface area contributed by atoms with Gasteiger partial charge in [-0.3, -0.25) is 4.57 Å². The molecule has 0 atom stereocenters. The minimum atomic E-state index is -0.889. The van der Waals surface area contributed by atoms with Crippen molar-refractivity contribution in [1.29, 1.82) is 0 Å². The lowest BCUT2D eigenvalue weighted by molar-refractivity contribution is 0.207. The van der Waals surface area contributed by atoms with Crippen molar-refractivity contribution in [1.82, 2.24) is 9.47 Å². The van der Waals surface area contributed by atoms with Crippen LogP contribution in [-0.2, 0) is 13.1 Å². The summed E-state index contributed by atoms with van der Waals surface area (Å²) in [5.41, 5.74) is 2.54. The number of carbonyl (C=O) groups is 1. The van der Waals surface area contributed by atoms with Gasteiger partial charge in [-0.15, -0.1) is 0 Å². The number of hydrogen-bond acceptors (Lipinski definition) is 1. The first-order chi connectivity index (χ1) is 9.04. The zero-order valence-corrected chi connectivity index (χ0v) is 10.4. The molecule has 0 fully saturated rings. The predicted molar refractivity (Wildman–Crippen MR) is 69.0 cm³/mol. The Morgan fingerprint density at radius 1 is 1.21 bits per heavy atom. The van der Waals surface area contributed by atoms with E-state index in [2.05, 4.69) is 0 Å². The summed E-state index contributed by atoms with van der Waals surface area (Å²) < 4.78 is 27.6. The Labute approximate surface area is 109 Å². The van der Waals surface area contributed by atoms with E-state index in [0.29, 0.717) is 12.1 Å². The Morgan fingerprint density at radius 2 is 2.00 bits per heavy atom. The highest BCUT2D eigenvalue weighted by atomic mass is 19.2. The van der Waals surface area contributed by atoms with Gasteiger partial charge in [0.15, 0.2) is 11.6 Å². The normalized spacial score (nSPS) is 14.0. The first kappa shape index (κ1) is 12.0. The van der Waals surface area contributed by atoms with E-state index in [4.69, 9.17) is 0 Å². The summed E-state index contributed by atoms with van der Waals surface area (Å²) in [6, 6.07) is 5.51. The number of carbonyl (C=O) groups excluding carboxylic acids is 1. The molecule has 96 valence electrons. The van der Waals surface area contributed by atoms with Crippen LogP contribution in [-0.4, -0.2) is 23.3 Å². The molecule has 3 nitrogen and oxygen atoms in total. The lowest BCUT2D eigenvalue weighted by atomic mass is 10.0. The minimum absolute atomic E-state index is 0.132. The van der Waals surface area contributed by atoms with Gasteiger partial charge in [0.25, 0.3) is 0 Å². The highest BCUT2D eigenvalue weighted by Gasteiger charge is 2.26. The first-order valence-electron chi connectivity index (χ1n) is 5.95. The Balaban J connectivity index is 1.80. The van der Waals surface area contributed by atoms with Crippen LogP contribution in [0.3, 0.4) is 0 Å².